The van der Waals surface area contributed by atoms with E-state index >= 15 is 0 Å². The van der Waals surface area contributed by atoms with Crippen LogP contribution in [0, 0.1) is 0 Å². The Balaban J connectivity index is 1.79. The number of sulfonamides is 1. The van der Waals surface area contributed by atoms with Crippen LogP contribution in [0.4, 0.5) is 11.6 Å². The third-order valence-electron chi connectivity index (χ3n) is 6.47. The zero-order valence-electron chi connectivity index (χ0n) is 25.2. The number of ether oxygens (including phenoxy) is 2. The summed E-state index contributed by atoms with van der Waals surface area (Å²) in [6.07, 6.45) is 6.90. The average molecular weight is 587 g/mol. The molecule has 42 heavy (non-hydrogen) atoms. The molecule has 1 heterocycles. The fraction of sp³-hybridized carbons (Fsp3) is 0.273. The molecular formula is C33H38N4O4S. The van der Waals surface area contributed by atoms with Crippen LogP contribution in [0.5, 0.6) is 11.6 Å². The van der Waals surface area contributed by atoms with Crippen LogP contribution >= 0.6 is 0 Å². The molecular weight excluding hydrogens is 548 g/mol. The van der Waals surface area contributed by atoms with Crippen molar-refractivity contribution >= 4 is 33.8 Å². The van der Waals surface area contributed by atoms with Crippen molar-refractivity contribution in [1.29, 1.82) is 0 Å². The molecule has 0 radical (unpaired) electrons. The number of benzene rings is 3. The van der Waals surface area contributed by atoms with Crippen molar-refractivity contribution in [2.45, 2.75) is 32.8 Å². The van der Waals surface area contributed by atoms with Crippen LogP contribution in [0.25, 0.3) is 23.3 Å². The van der Waals surface area contributed by atoms with Gasteiger partial charge in [-0.2, -0.15) is 4.98 Å². The lowest BCUT2D eigenvalue weighted by atomic mass is 9.83. The molecule has 0 saturated heterocycles. The first-order valence-electron chi connectivity index (χ1n) is 13.5. The second-order valence-corrected chi connectivity index (χ2v) is 13.0. The molecule has 0 amide bonds. The largest absolute Gasteiger partial charge is 0.496 e. The molecule has 0 bridgehead atoms. The van der Waals surface area contributed by atoms with Crippen molar-refractivity contribution in [3.8, 4) is 22.8 Å². The molecule has 0 spiro atoms. The number of aromatic nitrogens is 2. The Morgan fingerprint density at radius 3 is 2.26 bits per heavy atom. The topological polar surface area (TPSA) is 93.6 Å². The number of methoxy groups -OCH3 is 1. The standard InChI is InChI=1S/C33H38N4O4S/c1-33(2,3)29-20-26(28-21-34-32(37(4)5)35-31(28)41-22-24-11-9-8-10-12-24)19-25(30(29)40-6)16-13-23-14-17-27(18-15-23)36-42(7,38)39/h8-21,36H,22H2,1-7H3. The molecule has 0 aliphatic rings. The molecule has 0 aliphatic carbocycles. The number of anilines is 2. The van der Waals surface area contributed by atoms with Gasteiger partial charge in [-0.25, -0.2) is 13.4 Å². The van der Waals surface area contributed by atoms with Crippen LogP contribution in [0.3, 0.4) is 0 Å². The zero-order chi connectivity index (χ0) is 30.5. The third kappa shape index (κ3) is 7.88. The zero-order valence-corrected chi connectivity index (χ0v) is 26.0. The van der Waals surface area contributed by atoms with E-state index in [1.165, 1.54) is 0 Å². The highest BCUT2D eigenvalue weighted by atomic mass is 32.2. The summed E-state index contributed by atoms with van der Waals surface area (Å²) in [5.74, 6) is 1.82. The first-order chi connectivity index (χ1) is 19.8. The van der Waals surface area contributed by atoms with Crippen molar-refractivity contribution in [3.05, 3.63) is 95.2 Å². The van der Waals surface area contributed by atoms with Gasteiger partial charge in [-0.15, -0.1) is 0 Å². The highest BCUT2D eigenvalue weighted by Crippen LogP contribution is 2.41. The third-order valence-corrected chi connectivity index (χ3v) is 7.08. The van der Waals surface area contributed by atoms with Gasteiger partial charge in [0.25, 0.3) is 0 Å². The predicted molar refractivity (Wildman–Crippen MR) is 172 cm³/mol. The fourth-order valence-corrected chi connectivity index (χ4v) is 4.95. The van der Waals surface area contributed by atoms with Crippen molar-refractivity contribution < 1.29 is 17.9 Å². The minimum Gasteiger partial charge on any atom is -0.496 e. The van der Waals surface area contributed by atoms with Crippen LogP contribution in [-0.2, 0) is 22.0 Å². The number of nitrogens with one attached hydrogen (secondary N) is 1. The van der Waals surface area contributed by atoms with Gasteiger partial charge in [0.2, 0.25) is 21.9 Å². The lowest BCUT2D eigenvalue weighted by Crippen LogP contribution is -2.15. The molecule has 0 fully saturated rings. The molecule has 4 rings (SSSR count). The smallest absolute Gasteiger partial charge is 0.229 e. The number of hydrogen-bond acceptors (Lipinski definition) is 7. The van der Waals surface area contributed by atoms with Gasteiger partial charge in [-0.1, -0.05) is 75.4 Å². The number of nitrogens with zero attached hydrogens (tertiary/aromatic N) is 3. The molecule has 220 valence electrons. The Kier molecular flexibility index (Phi) is 9.21. The maximum absolute atomic E-state index is 11.6. The molecule has 1 N–H and O–H groups in total. The Labute approximate surface area is 249 Å². The minimum absolute atomic E-state index is 0.224. The summed E-state index contributed by atoms with van der Waals surface area (Å²) in [5, 5.41) is 0. The van der Waals surface area contributed by atoms with Gasteiger partial charge < -0.3 is 14.4 Å². The first-order valence-corrected chi connectivity index (χ1v) is 15.4. The maximum atomic E-state index is 11.6. The van der Waals surface area contributed by atoms with Gasteiger partial charge in [0.15, 0.2) is 0 Å². The van der Waals surface area contributed by atoms with E-state index in [9.17, 15) is 8.42 Å². The van der Waals surface area contributed by atoms with Gasteiger partial charge in [-0.3, -0.25) is 4.72 Å². The van der Waals surface area contributed by atoms with Crippen molar-refractivity contribution in [3.63, 3.8) is 0 Å². The normalized spacial score (nSPS) is 11.9. The van der Waals surface area contributed by atoms with E-state index in [0.717, 1.165) is 45.4 Å². The lowest BCUT2D eigenvalue weighted by molar-refractivity contribution is 0.295. The van der Waals surface area contributed by atoms with Crippen LogP contribution in [0.1, 0.15) is 43.0 Å². The van der Waals surface area contributed by atoms with E-state index in [4.69, 9.17) is 14.5 Å². The predicted octanol–water partition coefficient (Wildman–Crippen LogP) is 6.64. The van der Waals surface area contributed by atoms with Crippen molar-refractivity contribution in [2.24, 2.45) is 0 Å². The molecule has 9 heteroatoms. The van der Waals surface area contributed by atoms with Crippen LogP contribution in [-0.4, -0.2) is 45.8 Å². The lowest BCUT2D eigenvalue weighted by Gasteiger charge is -2.25. The van der Waals surface area contributed by atoms with E-state index in [1.54, 1.807) is 25.4 Å². The van der Waals surface area contributed by atoms with Crippen LogP contribution < -0.4 is 19.1 Å². The fourth-order valence-electron chi connectivity index (χ4n) is 4.38. The van der Waals surface area contributed by atoms with Crippen LogP contribution in [0.2, 0.25) is 0 Å². The van der Waals surface area contributed by atoms with E-state index < -0.39 is 10.0 Å². The molecule has 8 nitrogen and oxygen atoms in total. The summed E-state index contributed by atoms with van der Waals surface area (Å²) in [7, 11) is 2.13. The molecule has 4 aromatic rings. The second kappa shape index (κ2) is 12.7. The van der Waals surface area contributed by atoms with Gasteiger partial charge in [0.1, 0.15) is 12.4 Å². The highest BCUT2D eigenvalue weighted by molar-refractivity contribution is 7.92. The monoisotopic (exact) mass is 586 g/mol. The maximum Gasteiger partial charge on any atom is 0.229 e. The van der Waals surface area contributed by atoms with Crippen LogP contribution in [0.15, 0.2) is 72.9 Å². The Morgan fingerprint density at radius 1 is 0.976 bits per heavy atom. The molecule has 1 aromatic heterocycles. The quantitative estimate of drug-likeness (QED) is 0.208. The summed E-state index contributed by atoms with van der Waals surface area (Å²) in [5.41, 5.74) is 5.82. The van der Waals surface area contributed by atoms with E-state index in [1.807, 2.05) is 79.7 Å². The molecule has 0 saturated carbocycles. The molecule has 0 unspecified atom stereocenters. The molecule has 0 aliphatic heterocycles. The Hall–Kier alpha value is -4.37. The average Bonchev–Trinajstić information content (AvgIpc) is 2.94. The molecule has 3 aromatic carbocycles. The number of rotatable bonds is 10. The summed E-state index contributed by atoms with van der Waals surface area (Å²) < 4.78 is 37.8. The second-order valence-electron chi connectivity index (χ2n) is 11.3. The van der Waals surface area contributed by atoms with Gasteiger partial charge in [-0.05, 0) is 46.4 Å². The van der Waals surface area contributed by atoms with Crippen molar-refractivity contribution in [1.82, 2.24) is 9.97 Å². The van der Waals surface area contributed by atoms with Gasteiger partial charge >= 0.3 is 0 Å². The first kappa shape index (κ1) is 30.6. The Morgan fingerprint density at radius 2 is 1.67 bits per heavy atom. The van der Waals surface area contributed by atoms with Crippen molar-refractivity contribution in [2.75, 3.05) is 37.1 Å². The van der Waals surface area contributed by atoms with Gasteiger partial charge in [0, 0.05) is 37.1 Å². The van der Waals surface area contributed by atoms with E-state index in [0.29, 0.717) is 24.1 Å². The summed E-state index contributed by atoms with van der Waals surface area (Å²) in [4.78, 5) is 11.2. The SMILES string of the molecule is COc1c(C=Cc2ccc(NS(C)(=O)=O)cc2)cc(-c2cnc(N(C)C)nc2OCc2ccccc2)cc1C(C)(C)C. The number of hydrogen-bond donors (Lipinski definition) is 1. The van der Waals surface area contributed by atoms with E-state index in [-0.39, 0.29) is 5.41 Å². The summed E-state index contributed by atoms with van der Waals surface area (Å²) in [6.45, 7) is 6.81. The highest BCUT2D eigenvalue weighted by Gasteiger charge is 2.24. The summed E-state index contributed by atoms with van der Waals surface area (Å²) >= 11 is 0. The molecule has 0 atom stereocenters. The summed E-state index contributed by atoms with van der Waals surface area (Å²) in [6, 6.07) is 21.3. The van der Waals surface area contributed by atoms with E-state index in [2.05, 4.69) is 36.5 Å². The Bertz CT molecular complexity index is 1660. The van der Waals surface area contributed by atoms with Gasteiger partial charge in [0.05, 0.1) is 18.9 Å². The minimum atomic E-state index is -3.34.